The van der Waals surface area contributed by atoms with E-state index < -0.39 is 0 Å². The van der Waals surface area contributed by atoms with Gasteiger partial charge >= 0.3 is 0 Å². The summed E-state index contributed by atoms with van der Waals surface area (Å²) in [5.74, 6) is 0.350. The summed E-state index contributed by atoms with van der Waals surface area (Å²) in [6.45, 7) is 0. The molecule has 0 fully saturated rings. The van der Waals surface area contributed by atoms with E-state index >= 15 is 0 Å². The van der Waals surface area contributed by atoms with Gasteiger partial charge < -0.3 is 10.4 Å². The number of hydrogen-bond donors (Lipinski definition) is 0. The lowest BCUT2D eigenvalue weighted by molar-refractivity contribution is 0.526. The van der Waals surface area contributed by atoms with Crippen molar-refractivity contribution in [1.29, 1.82) is 0 Å². The molecule has 0 saturated heterocycles. The lowest BCUT2D eigenvalue weighted by Crippen LogP contribution is -2.44. The molecule has 0 unspecified atom stereocenters. The van der Waals surface area contributed by atoms with E-state index in [1.54, 1.807) is 5.12 Å². The third-order valence-electron chi connectivity index (χ3n) is 3.73. The highest BCUT2D eigenvalue weighted by Crippen LogP contribution is 2.30. The fourth-order valence-corrected chi connectivity index (χ4v) is 2.60. The third-order valence-corrected chi connectivity index (χ3v) is 3.73. The normalized spacial score (nSPS) is 14.0. The van der Waals surface area contributed by atoms with Gasteiger partial charge in [0.25, 0.3) is 0 Å². The van der Waals surface area contributed by atoms with Gasteiger partial charge in [0.1, 0.15) is 0 Å². The van der Waals surface area contributed by atoms with E-state index in [1.165, 1.54) is 5.12 Å². The van der Waals surface area contributed by atoms with Crippen molar-refractivity contribution in [2.75, 3.05) is 10.2 Å². The van der Waals surface area contributed by atoms with E-state index in [2.05, 4.69) is 5.10 Å². The number of hydrazine groups is 2. The van der Waals surface area contributed by atoms with Crippen LogP contribution in [0.15, 0.2) is 96.1 Å². The molecular formula is C19H15N4O-. The molecule has 0 bridgehead atoms. The summed E-state index contributed by atoms with van der Waals surface area (Å²) in [6.07, 6.45) is 0. The largest absolute Gasteiger partial charge is 0.736 e. The zero-order valence-electron chi connectivity index (χ0n) is 12.9. The molecule has 4 rings (SSSR count). The molecule has 3 aromatic carbocycles. The average molecular weight is 315 g/mol. The Bertz CT molecular complexity index is 837. The molecule has 5 nitrogen and oxygen atoms in total. The van der Waals surface area contributed by atoms with Gasteiger partial charge in [-0.15, -0.1) is 5.10 Å². The smallest absolute Gasteiger partial charge is 0.168 e. The number of anilines is 2. The molecule has 0 N–H and O–H groups in total. The van der Waals surface area contributed by atoms with E-state index in [4.69, 9.17) is 0 Å². The van der Waals surface area contributed by atoms with Crippen LogP contribution in [0.25, 0.3) is 0 Å². The van der Waals surface area contributed by atoms with Gasteiger partial charge in [-0.3, -0.25) is 0 Å². The van der Waals surface area contributed by atoms with Crippen molar-refractivity contribution in [3.63, 3.8) is 0 Å². The Kier molecular flexibility index (Phi) is 3.61. The summed E-state index contributed by atoms with van der Waals surface area (Å²) in [5, 5.41) is 21.5. The van der Waals surface area contributed by atoms with Crippen molar-refractivity contribution in [2.45, 2.75) is 0 Å². The Morgan fingerprint density at radius 2 is 1.12 bits per heavy atom. The van der Waals surface area contributed by atoms with E-state index in [0.29, 0.717) is 5.84 Å². The van der Waals surface area contributed by atoms with Gasteiger partial charge in [0, 0.05) is 5.56 Å². The van der Waals surface area contributed by atoms with E-state index in [-0.39, 0.29) is 0 Å². The van der Waals surface area contributed by atoms with Gasteiger partial charge in [-0.25, -0.2) is 0 Å². The van der Waals surface area contributed by atoms with Crippen LogP contribution in [-0.4, -0.2) is 11.0 Å². The first-order valence-corrected chi connectivity index (χ1v) is 7.66. The molecular weight excluding hydrogens is 300 g/mol. The number of rotatable bonds is 3. The summed E-state index contributed by atoms with van der Waals surface area (Å²) in [4.78, 5) is 0. The van der Waals surface area contributed by atoms with Gasteiger partial charge in [0.05, 0.1) is 11.4 Å². The number of amidine groups is 1. The maximum Gasteiger partial charge on any atom is 0.168 e. The van der Waals surface area contributed by atoms with E-state index in [0.717, 1.165) is 22.1 Å². The first-order chi connectivity index (χ1) is 11.8. The highest BCUT2D eigenvalue weighted by Gasteiger charge is 2.28. The zero-order valence-corrected chi connectivity index (χ0v) is 12.9. The van der Waals surface area contributed by atoms with Gasteiger partial charge in [-0.1, -0.05) is 66.7 Å². The Morgan fingerprint density at radius 1 is 0.625 bits per heavy atom. The quantitative estimate of drug-likeness (QED) is 0.733. The van der Waals surface area contributed by atoms with Crippen molar-refractivity contribution in [3.8, 4) is 0 Å². The van der Waals surface area contributed by atoms with Gasteiger partial charge in [0.15, 0.2) is 5.84 Å². The highest BCUT2D eigenvalue weighted by atomic mass is 16.6. The number of hydrazone groups is 1. The standard InChI is InChI=1S/C19H15N4O/c24-23-19(16-10-4-1-5-11-16)20-21(17-12-6-2-7-13-17)22(23)18-14-8-3-9-15-18/h1-15H/q-1. The van der Waals surface area contributed by atoms with Gasteiger partial charge in [-0.2, -0.15) is 10.2 Å². The monoisotopic (exact) mass is 315 g/mol. The molecule has 1 heterocycles. The van der Waals surface area contributed by atoms with Crippen LogP contribution in [0.2, 0.25) is 0 Å². The molecule has 0 spiro atoms. The number of hydroxylamine groups is 1. The second-order valence-electron chi connectivity index (χ2n) is 5.31. The first-order valence-electron chi connectivity index (χ1n) is 7.66. The van der Waals surface area contributed by atoms with Crippen molar-refractivity contribution >= 4 is 17.2 Å². The molecule has 0 amide bonds. The minimum atomic E-state index is 0.350. The van der Waals surface area contributed by atoms with Crippen LogP contribution < -0.4 is 10.2 Å². The Hall–Kier alpha value is -3.31. The second-order valence-corrected chi connectivity index (χ2v) is 5.31. The van der Waals surface area contributed by atoms with Crippen molar-refractivity contribution in [1.82, 2.24) is 5.17 Å². The topological polar surface area (TPSA) is 45.1 Å². The van der Waals surface area contributed by atoms with Crippen LogP contribution in [0, 0.1) is 5.21 Å². The van der Waals surface area contributed by atoms with Crippen molar-refractivity contribution in [2.24, 2.45) is 5.10 Å². The summed E-state index contributed by atoms with van der Waals surface area (Å²) in [5.41, 5.74) is 2.33. The fraction of sp³-hybridized carbons (Fsp3) is 0. The summed E-state index contributed by atoms with van der Waals surface area (Å²) in [7, 11) is 0. The second kappa shape index (κ2) is 6.06. The van der Waals surface area contributed by atoms with Gasteiger partial charge in [0.2, 0.25) is 0 Å². The molecule has 1 aliphatic heterocycles. The lowest BCUT2D eigenvalue weighted by atomic mass is 10.2. The Balaban J connectivity index is 1.81. The van der Waals surface area contributed by atoms with Crippen molar-refractivity contribution < 1.29 is 0 Å². The third kappa shape index (κ3) is 2.47. The Morgan fingerprint density at radius 3 is 1.71 bits per heavy atom. The predicted molar refractivity (Wildman–Crippen MR) is 96.0 cm³/mol. The minimum absolute atomic E-state index is 0.350. The maximum absolute atomic E-state index is 13.0. The summed E-state index contributed by atoms with van der Waals surface area (Å²) in [6, 6.07) is 28.5. The molecule has 1 aliphatic rings. The molecule has 118 valence electrons. The molecule has 0 aliphatic carbocycles. The molecule has 3 aromatic rings. The summed E-state index contributed by atoms with van der Waals surface area (Å²) < 4.78 is 0. The predicted octanol–water partition coefficient (Wildman–Crippen LogP) is 4.00. The molecule has 0 aromatic heterocycles. The van der Waals surface area contributed by atoms with Crippen LogP contribution in [0.3, 0.4) is 0 Å². The maximum atomic E-state index is 13.0. The minimum Gasteiger partial charge on any atom is -0.736 e. The summed E-state index contributed by atoms with van der Waals surface area (Å²) >= 11 is 0. The average Bonchev–Trinajstić information content (AvgIpc) is 3.01. The van der Waals surface area contributed by atoms with Gasteiger partial charge in [-0.05, 0) is 24.3 Å². The van der Waals surface area contributed by atoms with Crippen LogP contribution in [0.1, 0.15) is 5.56 Å². The highest BCUT2D eigenvalue weighted by molar-refractivity contribution is 6.02. The van der Waals surface area contributed by atoms with Crippen LogP contribution in [0.4, 0.5) is 11.4 Å². The van der Waals surface area contributed by atoms with Crippen LogP contribution >= 0.6 is 0 Å². The number of benzene rings is 3. The SMILES string of the molecule is [O-]N1C(c2ccccc2)=NN(c2ccccc2)N1c1ccccc1. The van der Waals surface area contributed by atoms with Crippen LogP contribution in [-0.2, 0) is 0 Å². The number of para-hydroxylation sites is 2. The fourth-order valence-electron chi connectivity index (χ4n) is 2.60. The molecule has 0 radical (unpaired) electrons. The first kappa shape index (κ1) is 14.3. The zero-order chi connectivity index (χ0) is 16.4. The van der Waals surface area contributed by atoms with Crippen molar-refractivity contribution in [3.05, 3.63) is 102 Å². The lowest BCUT2D eigenvalue weighted by Gasteiger charge is -2.39. The Labute approximate surface area is 140 Å². The van der Waals surface area contributed by atoms with Crippen LogP contribution in [0.5, 0.6) is 0 Å². The van der Waals surface area contributed by atoms with E-state index in [1.807, 2.05) is 91.0 Å². The molecule has 0 saturated carbocycles. The molecule has 5 heteroatoms. The van der Waals surface area contributed by atoms with E-state index in [9.17, 15) is 5.21 Å². The molecule has 24 heavy (non-hydrogen) atoms. The number of nitrogens with zero attached hydrogens (tertiary/aromatic N) is 4. The number of hydrogen-bond acceptors (Lipinski definition) is 5. The molecule has 0 atom stereocenters.